The number of sulfonamides is 1. The summed E-state index contributed by atoms with van der Waals surface area (Å²) < 4.78 is 31.9. The number of aromatic nitrogens is 1. The fourth-order valence-corrected chi connectivity index (χ4v) is 4.48. The van der Waals surface area contributed by atoms with E-state index < -0.39 is 10.0 Å². The van der Waals surface area contributed by atoms with Crippen molar-refractivity contribution in [1.29, 1.82) is 0 Å². The van der Waals surface area contributed by atoms with Gasteiger partial charge in [0.05, 0.1) is 23.9 Å². The van der Waals surface area contributed by atoms with E-state index in [0.717, 1.165) is 5.01 Å². The molecule has 0 amide bonds. The summed E-state index contributed by atoms with van der Waals surface area (Å²) in [7, 11) is -3.45. The van der Waals surface area contributed by atoms with E-state index in [0.29, 0.717) is 19.7 Å². The molecule has 1 aliphatic heterocycles. The molecule has 0 spiro atoms. The van der Waals surface area contributed by atoms with Crippen molar-refractivity contribution in [1.82, 2.24) is 9.29 Å². The lowest BCUT2D eigenvalue weighted by atomic mass is 10.2. The summed E-state index contributed by atoms with van der Waals surface area (Å²) >= 11 is 1.19. The average molecular weight is 291 g/mol. The molecular formula is C10H17N3O3S2. The Morgan fingerprint density at radius 1 is 1.67 bits per heavy atom. The molecule has 2 heterocycles. The molecule has 1 fully saturated rings. The molecular weight excluding hydrogens is 274 g/mol. The Bertz CT molecular complexity index is 512. The third-order valence-electron chi connectivity index (χ3n) is 2.84. The summed E-state index contributed by atoms with van der Waals surface area (Å²) in [5.41, 5.74) is 5.76. The van der Waals surface area contributed by atoms with E-state index in [1.165, 1.54) is 21.8 Å². The summed E-state index contributed by atoms with van der Waals surface area (Å²) in [6.45, 7) is 4.65. The zero-order valence-corrected chi connectivity index (χ0v) is 12.0. The van der Waals surface area contributed by atoms with Crippen molar-refractivity contribution in [3.05, 3.63) is 11.2 Å². The monoisotopic (exact) mass is 291 g/mol. The number of hydrogen-bond donors (Lipinski definition) is 1. The summed E-state index contributed by atoms with van der Waals surface area (Å²) in [5, 5.41) is 0.741. The molecule has 2 unspecified atom stereocenters. The van der Waals surface area contributed by atoms with Gasteiger partial charge in [0.1, 0.15) is 0 Å². The second-order valence-corrected chi connectivity index (χ2v) is 7.73. The van der Waals surface area contributed by atoms with Crippen molar-refractivity contribution in [3.63, 3.8) is 0 Å². The molecule has 18 heavy (non-hydrogen) atoms. The fraction of sp³-hybridized carbons (Fsp3) is 0.700. The standard InChI is InChI=1S/C10H17N3O3S2/c1-7(11)9-6-13(3-4-16-9)18(14,15)10-5-12-8(2)17-10/h5,7,9H,3-4,6,11H2,1-2H3. The third kappa shape index (κ3) is 2.72. The number of thiazole rings is 1. The third-order valence-corrected chi connectivity index (χ3v) is 6.05. The second kappa shape index (κ2) is 5.22. The molecule has 8 heteroatoms. The van der Waals surface area contributed by atoms with Crippen LogP contribution >= 0.6 is 11.3 Å². The lowest BCUT2D eigenvalue weighted by molar-refractivity contribution is -0.0119. The molecule has 2 N–H and O–H groups in total. The molecule has 0 aromatic carbocycles. The number of morpholine rings is 1. The Balaban J connectivity index is 2.20. The van der Waals surface area contributed by atoms with Gasteiger partial charge in [-0.25, -0.2) is 13.4 Å². The van der Waals surface area contributed by atoms with Crippen molar-refractivity contribution in [2.24, 2.45) is 5.73 Å². The Hall–Kier alpha value is -0.540. The number of nitrogens with two attached hydrogens (primary N) is 1. The molecule has 0 saturated carbocycles. The van der Waals surface area contributed by atoms with Crippen LogP contribution in [0.5, 0.6) is 0 Å². The molecule has 1 saturated heterocycles. The van der Waals surface area contributed by atoms with Crippen LogP contribution in [-0.4, -0.2) is 49.5 Å². The van der Waals surface area contributed by atoms with E-state index in [1.54, 1.807) is 6.92 Å². The Morgan fingerprint density at radius 3 is 2.94 bits per heavy atom. The molecule has 1 aromatic heterocycles. The van der Waals surface area contributed by atoms with Gasteiger partial charge in [0.15, 0.2) is 4.21 Å². The molecule has 0 aliphatic carbocycles. The van der Waals surface area contributed by atoms with Crippen LogP contribution in [0.2, 0.25) is 0 Å². The molecule has 102 valence electrons. The lowest BCUT2D eigenvalue weighted by Crippen LogP contribution is -2.51. The molecule has 2 rings (SSSR count). The van der Waals surface area contributed by atoms with E-state index in [1.807, 2.05) is 6.92 Å². The number of hydrogen-bond acceptors (Lipinski definition) is 6. The smallest absolute Gasteiger partial charge is 0.254 e. The minimum atomic E-state index is -3.45. The Kier molecular flexibility index (Phi) is 4.02. The first-order valence-corrected chi connectivity index (χ1v) is 7.96. The first kappa shape index (κ1) is 13.9. The zero-order chi connectivity index (χ0) is 13.3. The first-order chi connectivity index (χ1) is 8.41. The van der Waals surface area contributed by atoms with Gasteiger partial charge in [-0.05, 0) is 13.8 Å². The number of aryl methyl sites for hydroxylation is 1. The van der Waals surface area contributed by atoms with Crippen molar-refractivity contribution in [2.75, 3.05) is 19.7 Å². The van der Waals surface area contributed by atoms with Gasteiger partial charge in [0.2, 0.25) is 0 Å². The van der Waals surface area contributed by atoms with Crippen molar-refractivity contribution >= 4 is 21.4 Å². The van der Waals surface area contributed by atoms with Crippen LogP contribution < -0.4 is 5.73 Å². The number of rotatable bonds is 3. The highest BCUT2D eigenvalue weighted by Crippen LogP contribution is 2.24. The van der Waals surface area contributed by atoms with Crippen molar-refractivity contribution in [2.45, 2.75) is 30.2 Å². The van der Waals surface area contributed by atoms with Crippen molar-refractivity contribution < 1.29 is 13.2 Å². The Labute approximate surface area is 111 Å². The maximum atomic E-state index is 12.4. The second-order valence-electron chi connectivity index (χ2n) is 4.33. The van der Waals surface area contributed by atoms with Crippen LogP contribution in [0.3, 0.4) is 0 Å². The van der Waals surface area contributed by atoms with Gasteiger partial charge in [0.25, 0.3) is 10.0 Å². The number of ether oxygens (including phenoxy) is 1. The molecule has 2 atom stereocenters. The summed E-state index contributed by atoms with van der Waals surface area (Å²) in [6.07, 6.45) is 1.16. The first-order valence-electron chi connectivity index (χ1n) is 5.71. The fourth-order valence-electron chi connectivity index (χ4n) is 1.78. The topological polar surface area (TPSA) is 85.5 Å². The normalized spacial score (nSPS) is 24.1. The van der Waals surface area contributed by atoms with E-state index in [4.69, 9.17) is 10.5 Å². The minimum Gasteiger partial charge on any atom is -0.374 e. The summed E-state index contributed by atoms with van der Waals surface area (Å²) in [5.74, 6) is 0. The van der Waals surface area contributed by atoms with Crippen molar-refractivity contribution in [3.8, 4) is 0 Å². The number of nitrogens with zero attached hydrogens (tertiary/aromatic N) is 2. The maximum Gasteiger partial charge on any atom is 0.254 e. The van der Waals surface area contributed by atoms with Gasteiger partial charge in [-0.3, -0.25) is 0 Å². The van der Waals surface area contributed by atoms with E-state index in [-0.39, 0.29) is 16.4 Å². The molecule has 0 radical (unpaired) electrons. The van der Waals surface area contributed by atoms with Gasteiger partial charge >= 0.3 is 0 Å². The zero-order valence-electron chi connectivity index (χ0n) is 10.4. The highest BCUT2D eigenvalue weighted by molar-refractivity contribution is 7.91. The van der Waals surface area contributed by atoms with E-state index in [9.17, 15) is 8.42 Å². The predicted octanol–water partition coefficient (Wildman–Crippen LogP) is 0.188. The van der Waals surface area contributed by atoms with Crippen LogP contribution in [-0.2, 0) is 14.8 Å². The maximum absolute atomic E-state index is 12.4. The van der Waals surface area contributed by atoms with Gasteiger partial charge in [-0.1, -0.05) is 0 Å². The van der Waals surface area contributed by atoms with Gasteiger partial charge in [0, 0.05) is 19.1 Å². The average Bonchev–Trinajstić information content (AvgIpc) is 2.77. The quantitative estimate of drug-likeness (QED) is 0.859. The Morgan fingerprint density at radius 2 is 2.39 bits per heavy atom. The van der Waals surface area contributed by atoms with Gasteiger partial charge in [-0.15, -0.1) is 11.3 Å². The molecule has 6 nitrogen and oxygen atoms in total. The van der Waals surface area contributed by atoms with Crippen LogP contribution in [0, 0.1) is 6.92 Å². The van der Waals surface area contributed by atoms with Crippen LogP contribution in [0.1, 0.15) is 11.9 Å². The predicted molar refractivity (Wildman–Crippen MR) is 69.0 cm³/mol. The SMILES string of the molecule is Cc1ncc(S(=O)(=O)N2CCOC(C(C)N)C2)s1. The van der Waals surface area contributed by atoms with Gasteiger partial charge < -0.3 is 10.5 Å². The van der Waals surface area contributed by atoms with Crippen LogP contribution in [0.15, 0.2) is 10.4 Å². The summed E-state index contributed by atoms with van der Waals surface area (Å²) in [4.78, 5) is 3.99. The lowest BCUT2D eigenvalue weighted by Gasteiger charge is -2.33. The van der Waals surface area contributed by atoms with Gasteiger partial charge in [-0.2, -0.15) is 4.31 Å². The summed E-state index contributed by atoms with van der Waals surface area (Å²) in [6, 6.07) is -0.189. The van der Waals surface area contributed by atoms with E-state index in [2.05, 4.69) is 4.98 Å². The minimum absolute atomic E-state index is 0.189. The molecule has 1 aromatic rings. The van der Waals surface area contributed by atoms with Crippen LogP contribution in [0.25, 0.3) is 0 Å². The molecule has 1 aliphatic rings. The highest BCUT2D eigenvalue weighted by Gasteiger charge is 2.33. The largest absolute Gasteiger partial charge is 0.374 e. The molecule has 0 bridgehead atoms. The van der Waals surface area contributed by atoms with Crippen LogP contribution in [0.4, 0.5) is 0 Å². The highest BCUT2D eigenvalue weighted by atomic mass is 32.2. The van der Waals surface area contributed by atoms with E-state index >= 15 is 0 Å².